The molecule has 8 heteroatoms. The van der Waals surface area contributed by atoms with Gasteiger partial charge in [-0.1, -0.05) is 0 Å². The summed E-state index contributed by atoms with van der Waals surface area (Å²) in [6, 6.07) is 4.86. The maximum atomic E-state index is 13.0. The minimum Gasteiger partial charge on any atom is -0.449 e. The number of nitrogens with zero attached hydrogens (tertiary/aromatic N) is 2. The second-order valence-electron chi connectivity index (χ2n) is 6.54. The predicted octanol–water partition coefficient (Wildman–Crippen LogP) is 3.32. The van der Waals surface area contributed by atoms with Crippen LogP contribution in [0.2, 0.25) is 0 Å². The van der Waals surface area contributed by atoms with Crippen molar-refractivity contribution in [2.24, 2.45) is 0 Å². The van der Waals surface area contributed by atoms with Gasteiger partial charge in [0.1, 0.15) is 5.52 Å². The zero-order chi connectivity index (χ0) is 17.7. The fourth-order valence-corrected chi connectivity index (χ4v) is 2.80. The fourth-order valence-electron chi connectivity index (χ4n) is 2.80. The normalized spacial score (nSPS) is 21.2. The molecule has 2 aromatic heterocycles. The number of rotatable bonds is 1. The Labute approximate surface area is 136 Å². The van der Waals surface area contributed by atoms with Crippen LogP contribution in [0.1, 0.15) is 30.1 Å². The number of halogens is 3. The number of morpholine rings is 1. The number of hydrogen-bond donors (Lipinski definition) is 0. The molecule has 24 heavy (non-hydrogen) atoms. The van der Waals surface area contributed by atoms with Crippen molar-refractivity contribution in [2.75, 3.05) is 13.1 Å². The Morgan fingerprint density at radius 1 is 1.38 bits per heavy atom. The first-order valence-corrected chi connectivity index (χ1v) is 7.46. The van der Waals surface area contributed by atoms with Crippen molar-refractivity contribution < 1.29 is 27.1 Å². The Morgan fingerprint density at radius 2 is 2.08 bits per heavy atom. The number of aromatic nitrogens is 1. The summed E-state index contributed by atoms with van der Waals surface area (Å²) in [6.45, 7) is 4.33. The van der Waals surface area contributed by atoms with Crippen molar-refractivity contribution in [3.8, 4) is 0 Å². The second-order valence-corrected chi connectivity index (χ2v) is 6.54. The first kappa shape index (κ1) is 16.8. The van der Waals surface area contributed by atoms with Gasteiger partial charge in [0, 0.05) is 18.3 Å². The average molecular weight is 342 g/mol. The number of carbonyl (C=O) groups is 1. The fraction of sp³-hybridized carbons (Fsp3) is 0.500. The lowest BCUT2D eigenvalue weighted by Gasteiger charge is -2.42. The summed E-state index contributed by atoms with van der Waals surface area (Å²) in [6.07, 6.45) is -6.56. The van der Waals surface area contributed by atoms with Crippen LogP contribution in [0.4, 0.5) is 13.2 Å². The van der Waals surface area contributed by atoms with Gasteiger partial charge in [-0.05, 0) is 32.9 Å². The van der Waals surface area contributed by atoms with Crippen molar-refractivity contribution in [1.82, 2.24) is 9.88 Å². The number of amides is 1. The summed E-state index contributed by atoms with van der Waals surface area (Å²) in [5.74, 6) is -0.627. The van der Waals surface area contributed by atoms with E-state index in [1.807, 2.05) is 0 Å². The number of pyridine rings is 1. The van der Waals surface area contributed by atoms with Gasteiger partial charge >= 0.3 is 6.18 Å². The number of aryl methyl sites for hydroxylation is 1. The molecular formula is C16H17F3N2O3. The van der Waals surface area contributed by atoms with E-state index >= 15 is 0 Å². The van der Waals surface area contributed by atoms with Crippen LogP contribution >= 0.6 is 0 Å². The Hall–Kier alpha value is -2.09. The molecule has 1 saturated heterocycles. The van der Waals surface area contributed by atoms with Gasteiger partial charge in [-0.15, -0.1) is 0 Å². The SMILES string of the molecule is Cc1ccc2oc(C(=O)N3CC(C(F)(F)F)OC(C)(C)C3)cc2n1. The standard InChI is InChI=1S/C16H17F3N2O3/c1-9-4-5-11-10(20-9)6-12(23-11)14(22)21-7-13(16(17,18)19)24-15(2,3)8-21/h4-6,13H,7-8H2,1-3H3. The lowest BCUT2D eigenvalue weighted by molar-refractivity contribution is -0.267. The molecule has 1 atom stereocenters. The van der Waals surface area contributed by atoms with Gasteiger partial charge in [0.25, 0.3) is 5.91 Å². The van der Waals surface area contributed by atoms with Crippen molar-refractivity contribution in [2.45, 2.75) is 38.7 Å². The minimum atomic E-state index is -4.54. The predicted molar refractivity (Wildman–Crippen MR) is 79.7 cm³/mol. The van der Waals surface area contributed by atoms with Gasteiger partial charge in [0.15, 0.2) is 17.4 Å². The van der Waals surface area contributed by atoms with Gasteiger partial charge in [-0.25, -0.2) is 4.98 Å². The third-order valence-corrected chi connectivity index (χ3v) is 3.80. The zero-order valence-corrected chi connectivity index (χ0v) is 13.5. The van der Waals surface area contributed by atoms with Crippen molar-refractivity contribution >= 4 is 17.0 Å². The summed E-state index contributed by atoms with van der Waals surface area (Å²) >= 11 is 0. The van der Waals surface area contributed by atoms with Gasteiger partial charge in [-0.3, -0.25) is 4.79 Å². The highest BCUT2D eigenvalue weighted by Crippen LogP contribution is 2.32. The van der Waals surface area contributed by atoms with Crippen LogP contribution in [0.15, 0.2) is 22.6 Å². The second kappa shape index (κ2) is 5.47. The zero-order valence-electron chi connectivity index (χ0n) is 13.5. The van der Waals surface area contributed by atoms with Crippen LogP contribution in [-0.2, 0) is 4.74 Å². The van der Waals surface area contributed by atoms with Crippen LogP contribution in [0.3, 0.4) is 0 Å². The number of ether oxygens (including phenoxy) is 1. The van der Waals surface area contributed by atoms with Crippen molar-refractivity contribution in [1.29, 1.82) is 0 Å². The van der Waals surface area contributed by atoms with E-state index in [2.05, 4.69) is 4.98 Å². The van der Waals surface area contributed by atoms with Crippen molar-refractivity contribution in [3.63, 3.8) is 0 Å². The lowest BCUT2D eigenvalue weighted by Crippen LogP contribution is -2.58. The highest BCUT2D eigenvalue weighted by Gasteiger charge is 2.49. The third kappa shape index (κ3) is 3.24. The van der Waals surface area contributed by atoms with E-state index < -0.39 is 30.3 Å². The maximum Gasteiger partial charge on any atom is 0.416 e. The highest BCUT2D eigenvalue weighted by molar-refractivity contribution is 5.95. The summed E-state index contributed by atoms with van der Waals surface area (Å²) in [5.41, 5.74) is 0.573. The van der Waals surface area contributed by atoms with Crippen molar-refractivity contribution in [3.05, 3.63) is 29.7 Å². The van der Waals surface area contributed by atoms with E-state index in [0.29, 0.717) is 11.1 Å². The Balaban J connectivity index is 1.89. The van der Waals surface area contributed by atoms with E-state index in [1.54, 1.807) is 19.1 Å². The molecule has 1 fully saturated rings. The van der Waals surface area contributed by atoms with Gasteiger partial charge < -0.3 is 14.1 Å². The number of alkyl halides is 3. The molecule has 0 bridgehead atoms. The molecule has 1 amide bonds. The summed E-state index contributed by atoms with van der Waals surface area (Å²) in [5, 5.41) is 0. The molecule has 3 rings (SSSR count). The molecule has 1 aliphatic heterocycles. The van der Waals surface area contributed by atoms with E-state index in [9.17, 15) is 18.0 Å². The van der Waals surface area contributed by atoms with E-state index in [4.69, 9.17) is 9.15 Å². The molecule has 0 aromatic carbocycles. The van der Waals surface area contributed by atoms with Crippen LogP contribution in [0.25, 0.3) is 11.1 Å². The molecular weight excluding hydrogens is 325 g/mol. The Morgan fingerprint density at radius 3 is 2.75 bits per heavy atom. The largest absolute Gasteiger partial charge is 0.449 e. The van der Waals surface area contributed by atoms with Crippen LogP contribution in [0.5, 0.6) is 0 Å². The molecule has 2 aromatic rings. The molecule has 0 radical (unpaired) electrons. The van der Waals surface area contributed by atoms with Crippen LogP contribution in [-0.4, -0.2) is 46.8 Å². The highest BCUT2D eigenvalue weighted by atomic mass is 19.4. The van der Waals surface area contributed by atoms with E-state index in [-0.39, 0.29) is 12.3 Å². The summed E-state index contributed by atoms with van der Waals surface area (Å²) in [7, 11) is 0. The Kier molecular flexibility index (Phi) is 3.82. The van der Waals surface area contributed by atoms with E-state index in [1.165, 1.54) is 19.9 Å². The molecule has 1 aliphatic rings. The smallest absolute Gasteiger partial charge is 0.416 e. The Bertz CT molecular complexity index is 782. The minimum absolute atomic E-state index is 0.0262. The molecule has 0 N–H and O–H groups in total. The number of fused-ring (bicyclic) bond motifs is 1. The summed E-state index contributed by atoms with van der Waals surface area (Å²) < 4.78 is 49.6. The monoisotopic (exact) mass is 342 g/mol. The van der Waals surface area contributed by atoms with Gasteiger partial charge in [-0.2, -0.15) is 13.2 Å². The maximum absolute atomic E-state index is 13.0. The number of hydrogen-bond acceptors (Lipinski definition) is 4. The van der Waals surface area contributed by atoms with E-state index in [0.717, 1.165) is 10.6 Å². The van der Waals surface area contributed by atoms with Gasteiger partial charge in [0.2, 0.25) is 0 Å². The lowest BCUT2D eigenvalue weighted by atomic mass is 10.0. The first-order chi connectivity index (χ1) is 11.0. The first-order valence-electron chi connectivity index (χ1n) is 7.46. The molecule has 0 spiro atoms. The third-order valence-electron chi connectivity index (χ3n) is 3.80. The molecule has 5 nitrogen and oxygen atoms in total. The van der Waals surface area contributed by atoms with Crippen LogP contribution in [0, 0.1) is 6.92 Å². The molecule has 130 valence electrons. The van der Waals surface area contributed by atoms with Gasteiger partial charge in [0.05, 0.1) is 12.1 Å². The molecule has 0 saturated carbocycles. The molecule has 1 unspecified atom stereocenters. The topological polar surface area (TPSA) is 55.6 Å². The quantitative estimate of drug-likeness (QED) is 0.798. The summed E-state index contributed by atoms with van der Waals surface area (Å²) in [4.78, 5) is 18.0. The average Bonchev–Trinajstić information content (AvgIpc) is 2.86. The number of carbonyl (C=O) groups excluding carboxylic acids is 1. The molecule has 3 heterocycles. The number of furan rings is 1. The van der Waals surface area contributed by atoms with Crippen LogP contribution < -0.4 is 0 Å². The molecule has 0 aliphatic carbocycles.